The standard InChI is InChI=1S/C22H40N2O5/c1-4-6-20(25)23-12-14-29-16-15-28-13-11-21(26)24-19-9-7-18(8-10-19)22(27)17(3)5-2/h17-19H,4-16H2,1-3H3,(H,23,25)(H,24,26). The number of Topliss-reactive ketones (excluding diaryl/α,β-unsaturated/α-hetero) is 1. The minimum absolute atomic E-state index is 0.00116. The van der Waals surface area contributed by atoms with Crippen molar-refractivity contribution in [2.45, 2.75) is 78.2 Å². The Kier molecular flexibility index (Phi) is 13.6. The second-order valence-electron chi connectivity index (χ2n) is 7.90. The summed E-state index contributed by atoms with van der Waals surface area (Å²) in [5.74, 6) is 0.750. The smallest absolute Gasteiger partial charge is 0.222 e. The van der Waals surface area contributed by atoms with Gasteiger partial charge in [0.1, 0.15) is 5.78 Å². The van der Waals surface area contributed by atoms with Crippen molar-refractivity contribution in [2.75, 3.05) is 33.0 Å². The summed E-state index contributed by atoms with van der Waals surface area (Å²) in [6.07, 6.45) is 6.12. The van der Waals surface area contributed by atoms with Gasteiger partial charge in [0.2, 0.25) is 11.8 Å². The number of carbonyl (C=O) groups is 3. The second-order valence-corrected chi connectivity index (χ2v) is 7.90. The molecule has 1 aliphatic rings. The molecule has 0 bridgehead atoms. The fraction of sp³-hybridized carbons (Fsp3) is 0.864. The third-order valence-corrected chi connectivity index (χ3v) is 5.48. The van der Waals surface area contributed by atoms with E-state index in [0.29, 0.717) is 51.6 Å². The molecule has 7 heteroatoms. The molecule has 0 aliphatic heterocycles. The van der Waals surface area contributed by atoms with Crippen LogP contribution in [0.15, 0.2) is 0 Å². The van der Waals surface area contributed by atoms with Gasteiger partial charge in [0.25, 0.3) is 0 Å². The van der Waals surface area contributed by atoms with Gasteiger partial charge in [-0.25, -0.2) is 0 Å². The molecule has 7 nitrogen and oxygen atoms in total. The molecule has 29 heavy (non-hydrogen) atoms. The fourth-order valence-corrected chi connectivity index (χ4v) is 3.49. The minimum atomic E-state index is 0.00116. The highest BCUT2D eigenvalue weighted by Gasteiger charge is 2.28. The van der Waals surface area contributed by atoms with Crippen molar-refractivity contribution in [1.82, 2.24) is 10.6 Å². The first kappa shape index (κ1) is 25.6. The molecular weight excluding hydrogens is 372 g/mol. The van der Waals surface area contributed by atoms with Crippen molar-refractivity contribution in [2.24, 2.45) is 11.8 Å². The first-order valence-electron chi connectivity index (χ1n) is 11.2. The Morgan fingerprint density at radius 3 is 2.17 bits per heavy atom. The second kappa shape index (κ2) is 15.4. The molecule has 2 amide bonds. The Bertz CT molecular complexity index is 490. The van der Waals surface area contributed by atoms with E-state index in [2.05, 4.69) is 17.6 Å². The molecule has 0 saturated heterocycles. The van der Waals surface area contributed by atoms with Crippen molar-refractivity contribution in [3.63, 3.8) is 0 Å². The maximum Gasteiger partial charge on any atom is 0.222 e. The van der Waals surface area contributed by atoms with Crippen molar-refractivity contribution in [3.8, 4) is 0 Å². The van der Waals surface area contributed by atoms with Gasteiger partial charge in [-0.15, -0.1) is 0 Å². The summed E-state index contributed by atoms with van der Waals surface area (Å²) in [7, 11) is 0. The zero-order chi connectivity index (χ0) is 21.5. The van der Waals surface area contributed by atoms with Crippen LogP contribution in [0.5, 0.6) is 0 Å². The Labute approximate surface area is 175 Å². The van der Waals surface area contributed by atoms with Crippen LogP contribution >= 0.6 is 0 Å². The maximum atomic E-state index is 12.3. The zero-order valence-corrected chi connectivity index (χ0v) is 18.5. The molecule has 2 N–H and O–H groups in total. The maximum absolute atomic E-state index is 12.3. The van der Waals surface area contributed by atoms with E-state index in [4.69, 9.17) is 9.47 Å². The van der Waals surface area contributed by atoms with Crippen LogP contribution in [0.1, 0.15) is 72.1 Å². The zero-order valence-electron chi connectivity index (χ0n) is 18.5. The summed E-state index contributed by atoms with van der Waals surface area (Å²) >= 11 is 0. The number of amides is 2. The van der Waals surface area contributed by atoms with Crippen LogP contribution in [0.3, 0.4) is 0 Å². The van der Waals surface area contributed by atoms with E-state index in [1.54, 1.807) is 0 Å². The van der Waals surface area contributed by atoms with E-state index in [-0.39, 0.29) is 29.7 Å². The summed E-state index contributed by atoms with van der Waals surface area (Å²) in [4.78, 5) is 35.6. The SMILES string of the molecule is CCCC(=O)NCCOCCOCCC(=O)NC1CCC(C(=O)C(C)CC)CC1. The highest BCUT2D eigenvalue weighted by atomic mass is 16.5. The molecule has 0 aromatic rings. The number of ketones is 1. The quantitative estimate of drug-likeness (QED) is 0.403. The summed E-state index contributed by atoms with van der Waals surface area (Å²) in [6.45, 7) is 8.23. The number of rotatable bonds is 15. The highest BCUT2D eigenvalue weighted by molar-refractivity contribution is 5.83. The van der Waals surface area contributed by atoms with Gasteiger partial charge in [0.15, 0.2) is 0 Å². The molecule has 0 radical (unpaired) electrons. The van der Waals surface area contributed by atoms with Crippen LogP contribution in [0.2, 0.25) is 0 Å². The Morgan fingerprint density at radius 1 is 0.897 bits per heavy atom. The van der Waals surface area contributed by atoms with E-state index in [1.807, 2.05) is 13.8 Å². The molecule has 0 aromatic heterocycles. The lowest BCUT2D eigenvalue weighted by molar-refractivity contribution is -0.127. The Hall–Kier alpha value is -1.47. The van der Waals surface area contributed by atoms with Crippen molar-refractivity contribution >= 4 is 17.6 Å². The molecule has 1 saturated carbocycles. The van der Waals surface area contributed by atoms with Crippen LogP contribution in [0.4, 0.5) is 0 Å². The topological polar surface area (TPSA) is 93.7 Å². The summed E-state index contributed by atoms with van der Waals surface area (Å²) < 4.78 is 10.8. The lowest BCUT2D eigenvalue weighted by Crippen LogP contribution is -2.39. The van der Waals surface area contributed by atoms with Crippen molar-refractivity contribution < 1.29 is 23.9 Å². The van der Waals surface area contributed by atoms with Gasteiger partial charge >= 0.3 is 0 Å². The van der Waals surface area contributed by atoms with Gasteiger partial charge in [-0.3, -0.25) is 14.4 Å². The van der Waals surface area contributed by atoms with Gasteiger partial charge in [-0.1, -0.05) is 20.8 Å². The molecule has 1 unspecified atom stereocenters. The number of hydrogen-bond acceptors (Lipinski definition) is 5. The number of ether oxygens (including phenoxy) is 2. The predicted octanol–water partition coefficient (Wildman–Crippen LogP) is 2.62. The fourth-order valence-electron chi connectivity index (χ4n) is 3.49. The molecule has 1 rings (SSSR count). The number of hydrogen-bond donors (Lipinski definition) is 2. The van der Waals surface area contributed by atoms with E-state index >= 15 is 0 Å². The molecule has 1 fully saturated rings. The third kappa shape index (κ3) is 11.3. The molecule has 168 valence electrons. The normalized spacial score (nSPS) is 20.1. The van der Waals surface area contributed by atoms with E-state index in [1.165, 1.54) is 0 Å². The molecule has 1 atom stereocenters. The molecule has 0 aromatic carbocycles. The van der Waals surface area contributed by atoms with Gasteiger partial charge in [-0.2, -0.15) is 0 Å². The summed E-state index contributed by atoms with van der Waals surface area (Å²) in [6, 6.07) is 0.176. The minimum Gasteiger partial charge on any atom is -0.379 e. The van der Waals surface area contributed by atoms with Crippen LogP contribution in [0, 0.1) is 11.8 Å². The molecule has 0 heterocycles. The van der Waals surface area contributed by atoms with E-state index in [9.17, 15) is 14.4 Å². The predicted molar refractivity (Wildman–Crippen MR) is 113 cm³/mol. The lowest BCUT2D eigenvalue weighted by Gasteiger charge is -2.29. The number of nitrogens with one attached hydrogen (secondary N) is 2. The van der Waals surface area contributed by atoms with E-state index < -0.39 is 0 Å². The Balaban J connectivity index is 1.98. The summed E-state index contributed by atoms with van der Waals surface area (Å²) in [5, 5.41) is 5.84. The lowest BCUT2D eigenvalue weighted by atomic mass is 9.79. The third-order valence-electron chi connectivity index (χ3n) is 5.48. The first-order valence-corrected chi connectivity index (χ1v) is 11.2. The van der Waals surface area contributed by atoms with Gasteiger partial charge in [0, 0.05) is 37.3 Å². The number of carbonyl (C=O) groups excluding carboxylic acids is 3. The molecular formula is C22H40N2O5. The summed E-state index contributed by atoms with van der Waals surface area (Å²) in [5.41, 5.74) is 0. The van der Waals surface area contributed by atoms with Crippen LogP contribution in [-0.2, 0) is 23.9 Å². The van der Waals surface area contributed by atoms with Crippen LogP contribution in [0.25, 0.3) is 0 Å². The Morgan fingerprint density at radius 2 is 1.55 bits per heavy atom. The molecule has 0 spiro atoms. The first-order chi connectivity index (χ1) is 14.0. The average Bonchev–Trinajstić information content (AvgIpc) is 2.72. The van der Waals surface area contributed by atoms with Gasteiger partial charge in [-0.05, 0) is 38.5 Å². The average molecular weight is 413 g/mol. The monoisotopic (exact) mass is 412 g/mol. The highest BCUT2D eigenvalue weighted by Crippen LogP contribution is 2.28. The van der Waals surface area contributed by atoms with Crippen LogP contribution < -0.4 is 10.6 Å². The van der Waals surface area contributed by atoms with Crippen LogP contribution in [-0.4, -0.2) is 56.6 Å². The van der Waals surface area contributed by atoms with Crippen molar-refractivity contribution in [3.05, 3.63) is 0 Å². The van der Waals surface area contributed by atoms with Crippen molar-refractivity contribution in [1.29, 1.82) is 0 Å². The van der Waals surface area contributed by atoms with Gasteiger partial charge in [0.05, 0.1) is 26.4 Å². The van der Waals surface area contributed by atoms with E-state index in [0.717, 1.165) is 38.5 Å². The van der Waals surface area contributed by atoms with Gasteiger partial charge < -0.3 is 20.1 Å². The largest absolute Gasteiger partial charge is 0.379 e. The molecule has 1 aliphatic carbocycles.